The summed E-state index contributed by atoms with van der Waals surface area (Å²) >= 11 is 3.40. The highest BCUT2D eigenvalue weighted by molar-refractivity contribution is 9.10. The number of aryl methyl sites for hydroxylation is 2. The number of carbonyl (C=O) groups is 2. The third kappa shape index (κ3) is 4.93. The lowest BCUT2D eigenvalue weighted by atomic mass is 10.1. The van der Waals surface area contributed by atoms with Crippen LogP contribution in [0.15, 0.2) is 46.9 Å². The maximum atomic E-state index is 11.9. The third-order valence-electron chi connectivity index (χ3n) is 3.37. The van der Waals surface area contributed by atoms with Crippen LogP contribution in [0, 0.1) is 6.92 Å². The minimum Gasteiger partial charge on any atom is -0.452 e. The van der Waals surface area contributed by atoms with Gasteiger partial charge in [0.1, 0.15) is 0 Å². The summed E-state index contributed by atoms with van der Waals surface area (Å²) in [7, 11) is 0. The van der Waals surface area contributed by atoms with Gasteiger partial charge in [-0.1, -0.05) is 35.0 Å². The number of ether oxygens (including phenoxy) is 1. The van der Waals surface area contributed by atoms with Crippen molar-refractivity contribution in [2.24, 2.45) is 0 Å². The van der Waals surface area contributed by atoms with E-state index in [-0.39, 0.29) is 12.5 Å². The first-order valence-electron chi connectivity index (χ1n) is 7.31. The summed E-state index contributed by atoms with van der Waals surface area (Å²) in [5.41, 5.74) is 3.26. The van der Waals surface area contributed by atoms with E-state index < -0.39 is 5.97 Å². The number of rotatable bonds is 5. The highest BCUT2D eigenvalue weighted by atomic mass is 79.9. The van der Waals surface area contributed by atoms with Crippen molar-refractivity contribution in [1.82, 2.24) is 0 Å². The summed E-state index contributed by atoms with van der Waals surface area (Å²) in [6.45, 7) is 3.66. The van der Waals surface area contributed by atoms with Gasteiger partial charge in [-0.3, -0.25) is 4.79 Å². The summed E-state index contributed by atoms with van der Waals surface area (Å²) < 4.78 is 6.00. The van der Waals surface area contributed by atoms with Gasteiger partial charge in [0.05, 0.1) is 5.56 Å². The Kier molecular flexibility index (Phi) is 5.93. The molecule has 0 radical (unpaired) electrons. The van der Waals surface area contributed by atoms with Gasteiger partial charge in [-0.2, -0.15) is 0 Å². The Bertz CT molecular complexity index is 711. The molecular formula is C18H18BrNO3. The van der Waals surface area contributed by atoms with E-state index in [0.29, 0.717) is 11.3 Å². The van der Waals surface area contributed by atoms with Crippen LogP contribution in [0.2, 0.25) is 0 Å². The summed E-state index contributed by atoms with van der Waals surface area (Å²) in [5, 5.41) is 2.70. The van der Waals surface area contributed by atoms with Crippen LogP contribution in [0.25, 0.3) is 0 Å². The van der Waals surface area contributed by atoms with E-state index in [0.717, 1.165) is 22.0 Å². The van der Waals surface area contributed by atoms with Gasteiger partial charge in [0.15, 0.2) is 6.61 Å². The van der Waals surface area contributed by atoms with E-state index in [1.807, 2.05) is 38.1 Å². The molecule has 0 unspecified atom stereocenters. The zero-order chi connectivity index (χ0) is 16.8. The van der Waals surface area contributed by atoms with Crippen molar-refractivity contribution in [3.63, 3.8) is 0 Å². The summed E-state index contributed by atoms with van der Waals surface area (Å²) in [6, 6.07) is 12.6. The number of amides is 1. The standard InChI is InChI=1S/C18H18BrNO3/c1-3-13-4-6-14(7-5-13)18(22)23-11-17(21)20-15-8-9-16(19)12(2)10-15/h4-10H,3,11H2,1-2H3,(H,20,21). The molecule has 0 aromatic heterocycles. The largest absolute Gasteiger partial charge is 0.452 e. The van der Waals surface area contributed by atoms with Crippen molar-refractivity contribution in [3.8, 4) is 0 Å². The predicted molar refractivity (Wildman–Crippen MR) is 93.6 cm³/mol. The van der Waals surface area contributed by atoms with Crippen LogP contribution in [-0.4, -0.2) is 18.5 Å². The van der Waals surface area contributed by atoms with Crippen LogP contribution in [-0.2, 0) is 16.0 Å². The molecule has 0 bridgehead atoms. The number of esters is 1. The molecule has 120 valence electrons. The van der Waals surface area contributed by atoms with Gasteiger partial charge in [0, 0.05) is 10.2 Å². The first-order chi connectivity index (χ1) is 11.0. The second-order valence-electron chi connectivity index (χ2n) is 5.14. The van der Waals surface area contributed by atoms with Crippen molar-refractivity contribution in [3.05, 3.63) is 63.6 Å². The molecule has 2 rings (SSSR count). The van der Waals surface area contributed by atoms with Gasteiger partial charge in [-0.25, -0.2) is 4.79 Å². The molecule has 1 N–H and O–H groups in total. The second-order valence-corrected chi connectivity index (χ2v) is 5.99. The molecule has 0 saturated carbocycles. The van der Waals surface area contributed by atoms with Crippen LogP contribution in [0.5, 0.6) is 0 Å². The number of anilines is 1. The SMILES string of the molecule is CCc1ccc(C(=O)OCC(=O)Nc2ccc(Br)c(C)c2)cc1. The normalized spacial score (nSPS) is 10.2. The molecule has 23 heavy (non-hydrogen) atoms. The van der Waals surface area contributed by atoms with Gasteiger partial charge in [-0.15, -0.1) is 0 Å². The van der Waals surface area contributed by atoms with Crippen molar-refractivity contribution < 1.29 is 14.3 Å². The van der Waals surface area contributed by atoms with E-state index in [1.54, 1.807) is 18.2 Å². The van der Waals surface area contributed by atoms with Crippen LogP contribution < -0.4 is 5.32 Å². The lowest BCUT2D eigenvalue weighted by Gasteiger charge is -2.08. The molecule has 0 heterocycles. The zero-order valence-corrected chi connectivity index (χ0v) is 14.6. The van der Waals surface area contributed by atoms with Crippen LogP contribution in [0.3, 0.4) is 0 Å². The molecule has 2 aromatic rings. The first-order valence-corrected chi connectivity index (χ1v) is 8.11. The Hall–Kier alpha value is -2.14. The number of hydrogen-bond donors (Lipinski definition) is 1. The van der Waals surface area contributed by atoms with E-state index in [9.17, 15) is 9.59 Å². The lowest BCUT2D eigenvalue weighted by Crippen LogP contribution is -2.21. The predicted octanol–water partition coefficient (Wildman–Crippen LogP) is 4.12. The number of carbonyl (C=O) groups excluding carboxylic acids is 2. The number of benzene rings is 2. The van der Waals surface area contributed by atoms with Crippen molar-refractivity contribution in [1.29, 1.82) is 0 Å². The Balaban J connectivity index is 1.87. The van der Waals surface area contributed by atoms with Crippen LogP contribution in [0.1, 0.15) is 28.4 Å². The van der Waals surface area contributed by atoms with E-state index in [1.165, 1.54) is 0 Å². The van der Waals surface area contributed by atoms with Gasteiger partial charge in [0.2, 0.25) is 0 Å². The van der Waals surface area contributed by atoms with Gasteiger partial charge >= 0.3 is 5.97 Å². The molecule has 0 saturated heterocycles. The number of hydrogen-bond acceptors (Lipinski definition) is 3. The maximum absolute atomic E-state index is 11.9. The molecule has 1 amide bonds. The summed E-state index contributed by atoms with van der Waals surface area (Å²) in [6.07, 6.45) is 0.907. The van der Waals surface area contributed by atoms with Crippen molar-refractivity contribution >= 4 is 33.5 Å². The topological polar surface area (TPSA) is 55.4 Å². The molecule has 0 aliphatic carbocycles. The molecular weight excluding hydrogens is 358 g/mol. The highest BCUT2D eigenvalue weighted by Crippen LogP contribution is 2.19. The van der Waals surface area contributed by atoms with Gasteiger partial charge in [-0.05, 0) is 54.8 Å². The molecule has 5 heteroatoms. The van der Waals surface area contributed by atoms with E-state index in [2.05, 4.69) is 21.2 Å². The summed E-state index contributed by atoms with van der Waals surface area (Å²) in [5.74, 6) is -0.875. The molecule has 0 atom stereocenters. The summed E-state index contributed by atoms with van der Waals surface area (Å²) in [4.78, 5) is 23.7. The van der Waals surface area contributed by atoms with Gasteiger partial charge in [0.25, 0.3) is 5.91 Å². The maximum Gasteiger partial charge on any atom is 0.338 e. The van der Waals surface area contributed by atoms with Crippen molar-refractivity contribution in [2.75, 3.05) is 11.9 Å². The quantitative estimate of drug-likeness (QED) is 0.799. The van der Waals surface area contributed by atoms with Crippen LogP contribution in [0.4, 0.5) is 5.69 Å². The molecule has 0 spiro atoms. The minimum atomic E-state index is -0.505. The molecule has 0 aliphatic heterocycles. The Morgan fingerprint density at radius 2 is 1.83 bits per heavy atom. The second kappa shape index (κ2) is 7.92. The zero-order valence-electron chi connectivity index (χ0n) is 13.1. The number of halogens is 1. The average molecular weight is 376 g/mol. The average Bonchev–Trinajstić information content (AvgIpc) is 2.56. The Morgan fingerprint density at radius 1 is 1.13 bits per heavy atom. The fourth-order valence-electron chi connectivity index (χ4n) is 2.01. The highest BCUT2D eigenvalue weighted by Gasteiger charge is 2.10. The Morgan fingerprint density at radius 3 is 2.43 bits per heavy atom. The molecule has 0 aliphatic rings. The fourth-order valence-corrected chi connectivity index (χ4v) is 2.26. The van der Waals surface area contributed by atoms with Gasteiger partial charge < -0.3 is 10.1 Å². The lowest BCUT2D eigenvalue weighted by molar-refractivity contribution is -0.119. The smallest absolute Gasteiger partial charge is 0.338 e. The fraction of sp³-hybridized carbons (Fsp3) is 0.222. The number of nitrogens with one attached hydrogen (secondary N) is 1. The minimum absolute atomic E-state index is 0.316. The third-order valence-corrected chi connectivity index (χ3v) is 4.26. The molecule has 4 nitrogen and oxygen atoms in total. The first kappa shape index (κ1) is 17.2. The van der Waals surface area contributed by atoms with E-state index in [4.69, 9.17) is 4.74 Å². The van der Waals surface area contributed by atoms with Crippen LogP contribution >= 0.6 is 15.9 Å². The Labute approximate surface area is 144 Å². The molecule has 0 fully saturated rings. The van der Waals surface area contributed by atoms with Crippen molar-refractivity contribution in [2.45, 2.75) is 20.3 Å². The van der Waals surface area contributed by atoms with E-state index >= 15 is 0 Å². The molecule has 2 aromatic carbocycles. The monoisotopic (exact) mass is 375 g/mol.